The van der Waals surface area contributed by atoms with Crippen LogP contribution in [-0.4, -0.2) is 76.9 Å². The fourth-order valence-corrected chi connectivity index (χ4v) is 3.84. The molecule has 6 aliphatic heterocycles. The second-order valence-corrected chi connectivity index (χ2v) is 11.0. The van der Waals surface area contributed by atoms with E-state index in [4.69, 9.17) is 14.2 Å². The van der Waals surface area contributed by atoms with E-state index in [1.54, 1.807) is 0 Å². The van der Waals surface area contributed by atoms with Crippen LogP contribution < -0.4 is 16.0 Å². The molecule has 6 rings (SSSR count). The van der Waals surface area contributed by atoms with Gasteiger partial charge in [-0.05, 0) is 117 Å². The highest BCUT2D eigenvalue weighted by atomic mass is 16.5. The lowest BCUT2D eigenvalue weighted by Gasteiger charge is -2.22. The summed E-state index contributed by atoms with van der Waals surface area (Å²) < 4.78 is 15.1. The molecule has 6 saturated heterocycles. The van der Waals surface area contributed by atoms with Crippen molar-refractivity contribution < 1.29 is 14.2 Å². The predicted molar refractivity (Wildman–Crippen MR) is 145 cm³/mol. The van der Waals surface area contributed by atoms with Gasteiger partial charge in [-0.1, -0.05) is 13.8 Å². The van der Waals surface area contributed by atoms with Crippen molar-refractivity contribution in [3.63, 3.8) is 0 Å². The van der Waals surface area contributed by atoms with Gasteiger partial charge in [-0.3, -0.25) is 0 Å². The first-order valence-electron chi connectivity index (χ1n) is 14.3. The Morgan fingerprint density at radius 1 is 0.559 bits per heavy atom. The van der Waals surface area contributed by atoms with Crippen LogP contribution in [0.15, 0.2) is 0 Å². The van der Waals surface area contributed by atoms with Crippen LogP contribution in [0.25, 0.3) is 0 Å². The molecular weight excluding hydrogens is 426 g/mol. The topological polar surface area (TPSA) is 63.8 Å². The third-order valence-electron chi connectivity index (χ3n) is 6.93. The van der Waals surface area contributed by atoms with Crippen molar-refractivity contribution in [3.8, 4) is 0 Å². The van der Waals surface area contributed by atoms with Crippen molar-refractivity contribution in [1.29, 1.82) is 0 Å². The van der Waals surface area contributed by atoms with Crippen molar-refractivity contribution in [2.45, 2.75) is 117 Å². The zero-order valence-corrected chi connectivity index (χ0v) is 23.5. The van der Waals surface area contributed by atoms with E-state index in [0.29, 0.717) is 12.2 Å². The van der Waals surface area contributed by atoms with E-state index in [2.05, 4.69) is 57.5 Å². The Morgan fingerprint density at radius 2 is 1.21 bits per heavy atom. The highest BCUT2D eigenvalue weighted by molar-refractivity contribution is 4.70. The molecule has 6 aliphatic rings. The summed E-state index contributed by atoms with van der Waals surface area (Å²) in [6, 6.07) is 1.61. The fraction of sp³-hybridized carbons (Fsp3) is 1.00. The Morgan fingerprint density at radius 3 is 1.32 bits per heavy atom. The Labute approximate surface area is 212 Å². The number of nitrogens with one attached hydrogen (secondary N) is 3. The summed E-state index contributed by atoms with van der Waals surface area (Å²) in [5.74, 6) is 1.76. The van der Waals surface area contributed by atoms with Gasteiger partial charge in [0, 0.05) is 38.5 Å². The highest BCUT2D eigenvalue weighted by Crippen LogP contribution is 2.10. The zero-order chi connectivity index (χ0) is 25.0. The van der Waals surface area contributed by atoms with Gasteiger partial charge in [-0.15, -0.1) is 0 Å². The molecule has 0 bridgehead atoms. The summed E-state index contributed by atoms with van der Waals surface area (Å²) in [4.78, 5) is 0. The van der Waals surface area contributed by atoms with Gasteiger partial charge >= 0.3 is 0 Å². The van der Waals surface area contributed by atoms with E-state index in [1.807, 2.05) is 0 Å². The highest BCUT2D eigenvalue weighted by Gasteiger charge is 2.10. The molecule has 6 heteroatoms. The van der Waals surface area contributed by atoms with Gasteiger partial charge < -0.3 is 30.2 Å². The van der Waals surface area contributed by atoms with Crippen molar-refractivity contribution in [3.05, 3.63) is 0 Å². The first-order chi connectivity index (χ1) is 16.4. The van der Waals surface area contributed by atoms with Crippen molar-refractivity contribution in [2.75, 3.05) is 52.6 Å². The minimum atomic E-state index is 0.546. The Hall–Kier alpha value is -0.240. The Bertz CT molecular complexity index is 355. The summed E-state index contributed by atoms with van der Waals surface area (Å²) in [5, 5.41) is 9.80. The summed E-state index contributed by atoms with van der Waals surface area (Å²) in [7, 11) is 0. The maximum Gasteiger partial charge on any atom is 0.0568 e. The fourth-order valence-electron chi connectivity index (χ4n) is 3.84. The van der Waals surface area contributed by atoms with E-state index in [-0.39, 0.29) is 0 Å². The average Bonchev–Trinajstić information content (AvgIpc) is 3.59. The van der Waals surface area contributed by atoms with E-state index < -0.39 is 0 Å². The normalized spacial score (nSPS) is 35.1. The molecule has 34 heavy (non-hydrogen) atoms. The molecule has 0 amide bonds. The largest absolute Gasteiger partial charge is 0.381 e. The maximum atomic E-state index is 5.15. The number of ether oxygens (including phenoxy) is 3. The second kappa shape index (κ2) is 20.9. The summed E-state index contributed by atoms with van der Waals surface area (Å²) in [6.45, 7) is 22.0. The molecule has 0 spiro atoms. The molecule has 0 saturated carbocycles. The predicted octanol–water partition coefficient (Wildman–Crippen LogP) is 4.77. The van der Waals surface area contributed by atoms with Gasteiger partial charge in [0.1, 0.15) is 0 Å². The third kappa shape index (κ3) is 19.0. The minimum absolute atomic E-state index is 0.546. The van der Waals surface area contributed by atoms with Gasteiger partial charge in [-0.25, -0.2) is 0 Å². The van der Waals surface area contributed by atoms with Gasteiger partial charge in [0.15, 0.2) is 0 Å². The molecule has 3 N–H and O–H groups in total. The van der Waals surface area contributed by atoms with Crippen LogP contribution in [0.4, 0.5) is 0 Å². The van der Waals surface area contributed by atoms with E-state index >= 15 is 0 Å². The van der Waals surface area contributed by atoms with E-state index in [0.717, 1.165) is 50.3 Å². The SMILES string of the molecule is C[C@H]1CCCN1.C[C@H]1CCCO1.C[C@H]1CCN1.C[C@H]1CCNC1.C[C@H]1CCO1.C[C@H]1CCOC1. The van der Waals surface area contributed by atoms with E-state index in [1.165, 1.54) is 77.5 Å². The van der Waals surface area contributed by atoms with Gasteiger partial charge in [0.25, 0.3) is 0 Å². The smallest absolute Gasteiger partial charge is 0.0568 e. The molecular formula is C28H59N3O3. The van der Waals surface area contributed by atoms with Crippen LogP contribution in [0, 0.1) is 11.8 Å². The van der Waals surface area contributed by atoms with Gasteiger partial charge in [-0.2, -0.15) is 0 Å². The van der Waals surface area contributed by atoms with Crippen LogP contribution in [-0.2, 0) is 14.2 Å². The maximum absolute atomic E-state index is 5.15. The lowest BCUT2D eigenvalue weighted by atomic mass is 10.1. The molecule has 0 unspecified atom stereocenters. The number of rotatable bonds is 0. The molecule has 0 aromatic carbocycles. The summed E-state index contributed by atoms with van der Waals surface area (Å²) >= 11 is 0. The molecule has 0 aromatic rings. The van der Waals surface area contributed by atoms with Crippen molar-refractivity contribution in [2.24, 2.45) is 11.8 Å². The quantitative estimate of drug-likeness (QED) is 0.460. The molecule has 6 heterocycles. The lowest BCUT2D eigenvalue weighted by Crippen LogP contribution is -2.39. The van der Waals surface area contributed by atoms with Crippen LogP contribution in [0.5, 0.6) is 0 Å². The van der Waals surface area contributed by atoms with Crippen LogP contribution in [0.3, 0.4) is 0 Å². The summed E-state index contributed by atoms with van der Waals surface area (Å²) in [5.41, 5.74) is 0. The minimum Gasteiger partial charge on any atom is -0.381 e. The van der Waals surface area contributed by atoms with E-state index in [9.17, 15) is 0 Å². The molecule has 0 aromatic heterocycles. The third-order valence-corrected chi connectivity index (χ3v) is 6.93. The standard InChI is InChI=1S/2C5H11N.2C5H10O.C4H9N.C4H8O/c1-5-2-3-6-4-5;1-5-3-2-4-6-5;1-5-2-3-6-4-5;1-5-3-2-4-6-5;2*1-4-2-3-5-4/h2*5-6H,2-4H2,1H3;2*5H,2-4H2,1H3;4-5H,2-3H2,1H3;4H,2-3H2,1H3/t4*5-;2*4-/m000000/s1. The van der Waals surface area contributed by atoms with Gasteiger partial charge in [0.2, 0.25) is 0 Å². The van der Waals surface area contributed by atoms with Crippen molar-refractivity contribution >= 4 is 0 Å². The molecule has 0 aliphatic carbocycles. The molecule has 6 nitrogen and oxygen atoms in total. The second-order valence-electron chi connectivity index (χ2n) is 11.0. The molecule has 204 valence electrons. The van der Waals surface area contributed by atoms with Crippen LogP contribution in [0.2, 0.25) is 0 Å². The molecule has 0 radical (unpaired) electrons. The first kappa shape index (κ1) is 31.8. The lowest BCUT2D eigenvalue weighted by molar-refractivity contribution is -0.0375. The Kier molecular flexibility index (Phi) is 19.5. The number of hydrogen-bond donors (Lipinski definition) is 3. The molecule has 6 atom stereocenters. The van der Waals surface area contributed by atoms with Crippen LogP contribution >= 0.6 is 0 Å². The van der Waals surface area contributed by atoms with Crippen LogP contribution in [0.1, 0.15) is 92.9 Å². The van der Waals surface area contributed by atoms with Gasteiger partial charge in [0.05, 0.1) is 12.2 Å². The zero-order valence-electron chi connectivity index (χ0n) is 23.5. The van der Waals surface area contributed by atoms with Crippen molar-refractivity contribution in [1.82, 2.24) is 16.0 Å². The average molecular weight is 486 g/mol. The number of hydrogen-bond acceptors (Lipinski definition) is 6. The Balaban J connectivity index is 0.000000204. The monoisotopic (exact) mass is 485 g/mol. The summed E-state index contributed by atoms with van der Waals surface area (Å²) in [6.07, 6.45) is 11.7. The molecule has 6 fully saturated rings. The first-order valence-corrected chi connectivity index (χ1v) is 14.3.